The Morgan fingerprint density at radius 2 is 1.64 bits per heavy atom. The third-order valence-corrected chi connectivity index (χ3v) is 8.69. The van der Waals surface area contributed by atoms with Gasteiger partial charge in [-0.3, -0.25) is 13.9 Å². The number of anilines is 1. The van der Waals surface area contributed by atoms with Crippen molar-refractivity contribution in [3.63, 3.8) is 0 Å². The monoisotopic (exact) mass is 613 g/mol. The summed E-state index contributed by atoms with van der Waals surface area (Å²) in [6, 6.07) is 21.8. The number of rotatable bonds is 13. The number of sulfonamides is 1. The molecule has 9 heteroatoms. The van der Waals surface area contributed by atoms with Gasteiger partial charge in [0.2, 0.25) is 11.8 Å². The predicted molar refractivity (Wildman–Crippen MR) is 159 cm³/mol. The van der Waals surface area contributed by atoms with Crippen molar-refractivity contribution in [2.24, 2.45) is 0 Å². The Morgan fingerprint density at radius 3 is 2.26 bits per heavy atom. The SMILES string of the molecule is CCCCNC(=O)C(CC)N(Cc1cccc(C)c1)C(=O)CN(c1ccc(Br)cc1)S(=O)(=O)c1ccccc1. The molecule has 2 amide bonds. The van der Waals surface area contributed by atoms with Gasteiger partial charge in [0.15, 0.2) is 0 Å². The number of hydrogen-bond donors (Lipinski definition) is 1. The summed E-state index contributed by atoms with van der Waals surface area (Å²) in [7, 11) is -4.08. The maximum Gasteiger partial charge on any atom is 0.264 e. The Labute approximate surface area is 240 Å². The molecule has 0 saturated heterocycles. The van der Waals surface area contributed by atoms with E-state index < -0.39 is 28.5 Å². The molecule has 0 saturated carbocycles. The van der Waals surface area contributed by atoms with Gasteiger partial charge in [-0.15, -0.1) is 0 Å². The lowest BCUT2D eigenvalue weighted by Crippen LogP contribution is -2.52. The molecule has 1 N–H and O–H groups in total. The first kappa shape index (κ1) is 30.4. The molecule has 0 aliphatic rings. The lowest BCUT2D eigenvalue weighted by Gasteiger charge is -2.33. The molecule has 0 radical (unpaired) electrons. The van der Waals surface area contributed by atoms with Crippen molar-refractivity contribution in [3.05, 3.63) is 94.5 Å². The van der Waals surface area contributed by atoms with Gasteiger partial charge in [0, 0.05) is 17.6 Å². The van der Waals surface area contributed by atoms with Gasteiger partial charge >= 0.3 is 0 Å². The Bertz CT molecular complexity index is 1350. The zero-order valence-electron chi connectivity index (χ0n) is 22.6. The van der Waals surface area contributed by atoms with Crippen LogP contribution in [-0.2, 0) is 26.2 Å². The summed E-state index contributed by atoms with van der Waals surface area (Å²) in [6.07, 6.45) is 2.16. The number of nitrogens with zero attached hydrogens (tertiary/aromatic N) is 2. The molecule has 0 aliphatic heterocycles. The Morgan fingerprint density at radius 1 is 0.949 bits per heavy atom. The summed E-state index contributed by atoms with van der Waals surface area (Å²) in [4.78, 5) is 28.8. The van der Waals surface area contributed by atoms with Crippen molar-refractivity contribution in [1.82, 2.24) is 10.2 Å². The van der Waals surface area contributed by atoms with Crippen LogP contribution < -0.4 is 9.62 Å². The maximum atomic E-state index is 14.0. The molecule has 7 nitrogen and oxygen atoms in total. The first-order valence-electron chi connectivity index (χ1n) is 13.1. The van der Waals surface area contributed by atoms with E-state index in [1.165, 1.54) is 17.0 Å². The number of halogens is 1. The molecule has 0 aliphatic carbocycles. The van der Waals surface area contributed by atoms with Crippen molar-refractivity contribution in [2.75, 3.05) is 17.4 Å². The number of aryl methyl sites for hydroxylation is 1. The second-order valence-corrected chi connectivity index (χ2v) is 12.2. The number of carbonyl (C=O) groups is 2. The van der Waals surface area contributed by atoms with Crippen LogP contribution in [0.4, 0.5) is 5.69 Å². The van der Waals surface area contributed by atoms with Gasteiger partial charge in [-0.05, 0) is 61.7 Å². The summed E-state index contributed by atoms with van der Waals surface area (Å²) in [5.74, 6) is -0.704. The molecule has 0 bridgehead atoms. The van der Waals surface area contributed by atoms with Crippen LogP contribution in [0, 0.1) is 6.92 Å². The van der Waals surface area contributed by atoms with Gasteiger partial charge < -0.3 is 10.2 Å². The van der Waals surface area contributed by atoms with E-state index in [-0.39, 0.29) is 17.3 Å². The standard InChI is InChI=1S/C30H36BrN3O4S/c1-4-6-19-32-30(36)28(5-2)33(21-24-12-10-11-23(3)20-24)29(35)22-34(26-17-15-25(31)16-18-26)39(37,38)27-13-8-7-9-14-27/h7-18,20,28H,4-6,19,21-22H2,1-3H3,(H,32,36). The molecule has 0 aromatic heterocycles. The highest BCUT2D eigenvalue weighted by atomic mass is 79.9. The van der Waals surface area contributed by atoms with Crippen LogP contribution in [0.15, 0.2) is 88.2 Å². The molecule has 0 spiro atoms. The third-order valence-electron chi connectivity index (χ3n) is 6.38. The summed E-state index contributed by atoms with van der Waals surface area (Å²) in [5, 5.41) is 2.94. The smallest absolute Gasteiger partial charge is 0.264 e. The molecule has 0 fully saturated rings. The number of amides is 2. The van der Waals surface area contributed by atoms with Crippen LogP contribution in [0.3, 0.4) is 0 Å². The number of unbranched alkanes of at least 4 members (excludes halogenated alkanes) is 1. The highest BCUT2D eigenvalue weighted by Gasteiger charge is 2.33. The Hall–Kier alpha value is -3.17. The zero-order valence-corrected chi connectivity index (χ0v) is 25.0. The number of carbonyl (C=O) groups excluding carboxylic acids is 2. The summed E-state index contributed by atoms with van der Waals surface area (Å²) in [6.45, 7) is 6.11. The lowest BCUT2D eigenvalue weighted by molar-refractivity contribution is -0.140. The molecular formula is C30H36BrN3O4S. The quantitative estimate of drug-likeness (QED) is 0.251. The fraction of sp³-hybridized carbons (Fsp3) is 0.333. The molecule has 39 heavy (non-hydrogen) atoms. The average molecular weight is 615 g/mol. The van der Waals surface area contributed by atoms with Crippen molar-refractivity contribution in [1.29, 1.82) is 0 Å². The topological polar surface area (TPSA) is 86.8 Å². The van der Waals surface area contributed by atoms with Gasteiger partial charge in [-0.2, -0.15) is 0 Å². The van der Waals surface area contributed by atoms with Crippen molar-refractivity contribution < 1.29 is 18.0 Å². The second kappa shape index (κ2) is 14.3. The van der Waals surface area contributed by atoms with E-state index in [1.807, 2.05) is 45.0 Å². The van der Waals surface area contributed by atoms with Crippen LogP contribution in [0.2, 0.25) is 0 Å². The van der Waals surface area contributed by atoms with Crippen molar-refractivity contribution in [2.45, 2.75) is 57.5 Å². The minimum atomic E-state index is -4.08. The number of nitrogens with one attached hydrogen (secondary N) is 1. The average Bonchev–Trinajstić information content (AvgIpc) is 2.92. The zero-order chi connectivity index (χ0) is 28.4. The van der Waals surface area contributed by atoms with Gasteiger partial charge in [0.25, 0.3) is 10.0 Å². The molecule has 3 aromatic rings. The van der Waals surface area contributed by atoms with Gasteiger partial charge in [-0.25, -0.2) is 8.42 Å². The minimum Gasteiger partial charge on any atom is -0.354 e. The van der Waals surface area contributed by atoms with E-state index in [0.717, 1.165) is 32.7 Å². The van der Waals surface area contributed by atoms with E-state index in [9.17, 15) is 18.0 Å². The maximum absolute atomic E-state index is 14.0. The van der Waals surface area contributed by atoms with Crippen LogP contribution >= 0.6 is 15.9 Å². The highest BCUT2D eigenvalue weighted by molar-refractivity contribution is 9.10. The lowest BCUT2D eigenvalue weighted by atomic mass is 10.1. The third kappa shape index (κ3) is 8.16. The number of hydrogen-bond acceptors (Lipinski definition) is 4. The first-order chi connectivity index (χ1) is 18.7. The van der Waals surface area contributed by atoms with Crippen LogP contribution in [0.25, 0.3) is 0 Å². The molecule has 0 heterocycles. The van der Waals surface area contributed by atoms with Crippen LogP contribution in [-0.4, -0.2) is 44.3 Å². The van der Waals surface area contributed by atoms with E-state index in [1.54, 1.807) is 42.5 Å². The highest BCUT2D eigenvalue weighted by Crippen LogP contribution is 2.26. The summed E-state index contributed by atoms with van der Waals surface area (Å²) in [5.41, 5.74) is 2.25. The molecule has 3 rings (SSSR count). The largest absolute Gasteiger partial charge is 0.354 e. The van der Waals surface area contributed by atoms with Gasteiger partial charge in [-0.1, -0.05) is 84.2 Å². The summed E-state index contributed by atoms with van der Waals surface area (Å²) >= 11 is 3.39. The first-order valence-corrected chi connectivity index (χ1v) is 15.4. The second-order valence-electron chi connectivity index (χ2n) is 9.38. The minimum absolute atomic E-state index is 0.0790. The van der Waals surface area contributed by atoms with Crippen LogP contribution in [0.5, 0.6) is 0 Å². The fourth-order valence-electron chi connectivity index (χ4n) is 4.29. The number of benzene rings is 3. The molecule has 1 atom stereocenters. The van der Waals surface area contributed by atoms with Crippen molar-refractivity contribution in [3.8, 4) is 0 Å². The normalized spacial score (nSPS) is 12.0. The Kier molecular flexibility index (Phi) is 11.1. The van der Waals surface area contributed by atoms with E-state index >= 15 is 0 Å². The fourth-order valence-corrected chi connectivity index (χ4v) is 5.99. The van der Waals surface area contributed by atoms with E-state index in [0.29, 0.717) is 18.7 Å². The van der Waals surface area contributed by atoms with E-state index in [2.05, 4.69) is 21.2 Å². The van der Waals surface area contributed by atoms with Gasteiger partial charge in [0.05, 0.1) is 10.6 Å². The van der Waals surface area contributed by atoms with Crippen LogP contribution in [0.1, 0.15) is 44.2 Å². The molecular weight excluding hydrogens is 578 g/mol. The van der Waals surface area contributed by atoms with Gasteiger partial charge in [0.1, 0.15) is 12.6 Å². The summed E-state index contributed by atoms with van der Waals surface area (Å²) < 4.78 is 29.5. The Balaban J connectivity index is 2.02. The predicted octanol–water partition coefficient (Wildman–Crippen LogP) is 5.68. The molecule has 1 unspecified atom stereocenters. The molecule has 3 aromatic carbocycles. The molecule has 208 valence electrons. The van der Waals surface area contributed by atoms with Crippen molar-refractivity contribution >= 4 is 43.5 Å². The van der Waals surface area contributed by atoms with E-state index in [4.69, 9.17) is 0 Å².